The number of aliphatic hydroxyl groups excluding tert-OH is 1. The quantitative estimate of drug-likeness (QED) is 0.851. The third-order valence-electron chi connectivity index (χ3n) is 2.60. The van der Waals surface area contributed by atoms with Gasteiger partial charge in [0.1, 0.15) is 6.10 Å². The molecule has 90 valence electrons. The molecule has 2 atom stereocenters. The van der Waals surface area contributed by atoms with E-state index < -0.39 is 6.10 Å². The highest BCUT2D eigenvalue weighted by Gasteiger charge is 2.19. The van der Waals surface area contributed by atoms with Crippen LogP contribution in [-0.4, -0.2) is 22.2 Å². The molecular weight excluding hydrogens is 204 g/mol. The number of aromatic nitrogens is 2. The summed E-state index contributed by atoms with van der Waals surface area (Å²) >= 11 is 0. The van der Waals surface area contributed by atoms with Gasteiger partial charge < -0.3 is 9.84 Å². The molecule has 1 N–H and O–H groups in total. The minimum atomic E-state index is -0.533. The van der Waals surface area contributed by atoms with Gasteiger partial charge in [-0.2, -0.15) is 0 Å². The first-order valence-corrected chi connectivity index (χ1v) is 5.51. The zero-order valence-electron chi connectivity index (χ0n) is 10.6. The SMILES string of the molecule is COC(c1ncc([C@H](C)O)c(C)n1)C(C)C. The Morgan fingerprint density at radius 2 is 1.94 bits per heavy atom. The molecule has 0 aliphatic heterocycles. The molecule has 1 unspecified atom stereocenters. The molecule has 4 heteroatoms. The first kappa shape index (κ1) is 13.1. The maximum absolute atomic E-state index is 9.49. The van der Waals surface area contributed by atoms with Gasteiger partial charge in [-0.05, 0) is 19.8 Å². The Morgan fingerprint density at radius 1 is 1.31 bits per heavy atom. The molecular formula is C12H20N2O2. The van der Waals surface area contributed by atoms with Crippen LogP contribution in [0.3, 0.4) is 0 Å². The summed E-state index contributed by atoms with van der Waals surface area (Å²) in [6, 6.07) is 0. The Labute approximate surface area is 96.7 Å². The minimum Gasteiger partial charge on any atom is -0.389 e. The van der Waals surface area contributed by atoms with E-state index in [1.54, 1.807) is 20.2 Å². The van der Waals surface area contributed by atoms with Crippen molar-refractivity contribution in [2.24, 2.45) is 5.92 Å². The van der Waals surface area contributed by atoms with Gasteiger partial charge >= 0.3 is 0 Å². The summed E-state index contributed by atoms with van der Waals surface area (Å²) in [5.74, 6) is 1.00. The first-order chi connectivity index (χ1) is 7.47. The van der Waals surface area contributed by atoms with Crippen LogP contribution in [0.1, 0.15) is 50.1 Å². The highest BCUT2D eigenvalue weighted by atomic mass is 16.5. The molecule has 1 aromatic heterocycles. The van der Waals surface area contributed by atoms with Crippen LogP contribution in [0.25, 0.3) is 0 Å². The van der Waals surface area contributed by atoms with Crippen LogP contribution in [0, 0.1) is 12.8 Å². The number of hydrogen-bond acceptors (Lipinski definition) is 4. The fourth-order valence-electron chi connectivity index (χ4n) is 1.72. The zero-order valence-corrected chi connectivity index (χ0v) is 10.6. The van der Waals surface area contributed by atoms with Crippen molar-refractivity contribution in [2.45, 2.75) is 39.9 Å². The van der Waals surface area contributed by atoms with E-state index in [4.69, 9.17) is 4.74 Å². The average Bonchev–Trinajstić information content (AvgIpc) is 2.17. The Morgan fingerprint density at radius 3 is 2.31 bits per heavy atom. The summed E-state index contributed by atoms with van der Waals surface area (Å²) in [7, 11) is 1.66. The molecule has 0 spiro atoms. The molecule has 0 aliphatic carbocycles. The van der Waals surface area contributed by atoms with Crippen molar-refractivity contribution in [3.8, 4) is 0 Å². The summed E-state index contributed by atoms with van der Waals surface area (Å²) in [4.78, 5) is 8.65. The number of ether oxygens (including phenoxy) is 1. The number of aliphatic hydroxyl groups is 1. The molecule has 0 aromatic carbocycles. The Balaban J connectivity index is 3.04. The maximum Gasteiger partial charge on any atom is 0.157 e. The highest BCUT2D eigenvalue weighted by Crippen LogP contribution is 2.23. The zero-order chi connectivity index (χ0) is 12.3. The van der Waals surface area contributed by atoms with Crippen LogP contribution < -0.4 is 0 Å². The molecule has 0 fully saturated rings. The van der Waals surface area contributed by atoms with Gasteiger partial charge in [0, 0.05) is 24.6 Å². The number of aryl methyl sites for hydroxylation is 1. The van der Waals surface area contributed by atoms with E-state index in [9.17, 15) is 5.11 Å². The van der Waals surface area contributed by atoms with Crippen LogP contribution in [-0.2, 0) is 4.74 Å². The van der Waals surface area contributed by atoms with Crippen LogP contribution in [0.5, 0.6) is 0 Å². The van der Waals surface area contributed by atoms with Crippen molar-refractivity contribution in [1.82, 2.24) is 9.97 Å². The van der Waals surface area contributed by atoms with Crippen LogP contribution in [0.15, 0.2) is 6.20 Å². The van der Waals surface area contributed by atoms with Crippen molar-refractivity contribution in [3.63, 3.8) is 0 Å². The van der Waals surface area contributed by atoms with E-state index in [2.05, 4.69) is 23.8 Å². The van der Waals surface area contributed by atoms with Crippen molar-refractivity contribution in [2.75, 3.05) is 7.11 Å². The lowest BCUT2D eigenvalue weighted by atomic mass is 10.1. The highest BCUT2D eigenvalue weighted by molar-refractivity contribution is 5.19. The number of rotatable bonds is 4. The summed E-state index contributed by atoms with van der Waals surface area (Å²) < 4.78 is 5.37. The Kier molecular flexibility index (Phi) is 4.38. The van der Waals surface area contributed by atoms with E-state index in [0.717, 1.165) is 11.3 Å². The molecule has 0 bridgehead atoms. The Bertz CT molecular complexity index is 351. The third-order valence-corrected chi connectivity index (χ3v) is 2.60. The summed E-state index contributed by atoms with van der Waals surface area (Å²) in [6.45, 7) is 7.72. The fourth-order valence-corrected chi connectivity index (χ4v) is 1.72. The van der Waals surface area contributed by atoms with Crippen LogP contribution in [0.2, 0.25) is 0 Å². The monoisotopic (exact) mass is 224 g/mol. The predicted molar refractivity (Wildman–Crippen MR) is 62.0 cm³/mol. The number of hydrogen-bond donors (Lipinski definition) is 1. The molecule has 16 heavy (non-hydrogen) atoms. The topological polar surface area (TPSA) is 55.2 Å². The van der Waals surface area contributed by atoms with Crippen molar-refractivity contribution in [3.05, 3.63) is 23.3 Å². The molecule has 0 saturated carbocycles. The van der Waals surface area contributed by atoms with Crippen LogP contribution in [0.4, 0.5) is 0 Å². The molecule has 0 saturated heterocycles. The van der Waals surface area contributed by atoms with Gasteiger partial charge in [-0.1, -0.05) is 13.8 Å². The van der Waals surface area contributed by atoms with Crippen molar-refractivity contribution >= 4 is 0 Å². The van der Waals surface area contributed by atoms with Gasteiger partial charge in [0.05, 0.1) is 6.10 Å². The largest absolute Gasteiger partial charge is 0.389 e. The van der Waals surface area contributed by atoms with Gasteiger partial charge in [0.25, 0.3) is 0 Å². The molecule has 4 nitrogen and oxygen atoms in total. The normalized spacial score (nSPS) is 15.2. The predicted octanol–water partition coefficient (Wildman–Crippen LogP) is 2.18. The lowest BCUT2D eigenvalue weighted by Crippen LogP contribution is -2.14. The van der Waals surface area contributed by atoms with E-state index >= 15 is 0 Å². The second kappa shape index (κ2) is 5.37. The first-order valence-electron chi connectivity index (χ1n) is 5.51. The second-order valence-corrected chi connectivity index (χ2v) is 4.35. The van der Waals surface area contributed by atoms with Gasteiger partial charge in [-0.15, -0.1) is 0 Å². The average molecular weight is 224 g/mol. The van der Waals surface area contributed by atoms with Gasteiger partial charge in [0.2, 0.25) is 0 Å². The number of methoxy groups -OCH3 is 1. The second-order valence-electron chi connectivity index (χ2n) is 4.35. The smallest absolute Gasteiger partial charge is 0.157 e. The molecule has 1 rings (SSSR count). The van der Waals surface area contributed by atoms with E-state index in [-0.39, 0.29) is 6.10 Å². The Hall–Kier alpha value is -1.00. The summed E-state index contributed by atoms with van der Waals surface area (Å²) in [5.41, 5.74) is 1.57. The van der Waals surface area contributed by atoms with Gasteiger partial charge in [-0.3, -0.25) is 0 Å². The molecule has 1 heterocycles. The minimum absolute atomic E-state index is 0.0956. The molecule has 1 aromatic rings. The summed E-state index contributed by atoms with van der Waals surface area (Å²) in [5, 5.41) is 9.49. The number of nitrogens with zero attached hydrogens (tertiary/aromatic N) is 2. The van der Waals surface area contributed by atoms with Gasteiger partial charge in [0.15, 0.2) is 5.82 Å². The van der Waals surface area contributed by atoms with E-state index in [0.29, 0.717) is 11.7 Å². The van der Waals surface area contributed by atoms with Crippen molar-refractivity contribution < 1.29 is 9.84 Å². The van der Waals surface area contributed by atoms with Crippen LogP contribution >= 0.6 is 0 Å². The van der Waals surface area contributed by atoms with Gasteiger partial charge in [-0.25, -0.2) is 9.97 Å². The summed E-state index contributed by atoms with van der Waals surface area (Å²) in [6.07, 6.45) is 1.05. The fraction of sp³-hybridized carbons (Fsp3) is 0.667. The lowest BCUT2D eigenvalue weighted by molar-refractivity contribution is 0.0571. The molecule has 0 radical (unpaired) electrons. The maximum atomic E-state index is 9.49. The van der Waals surface area contributed by atoms with E-state index in [1.807, 2.05) is 6.92 Å². The van der Waals surface area contributed by atoms with E-state index in [1.165, 1.54) is 0 Å². The molecule has 0 amide bonds. The molecule has 0 aliphatic rings. The standard InChI is InChI=1S/C12H20N2O2/c1-7(2)11(16-5)12-13-6-10(9(4)15)8(3)14-12/h6-7,9,11,15H,1-5H3/t9-,11?/m0/s1. The van der Waals surface area contributed by atoms with Crippen molar-refractivity contribution in [1.29, 1.82) is 0 Å². The lowest BCUT2D eigenvalue weighted by Gasteiger charge is -2.19. The third kappa shape index (κ3) is 2.77.